The van der Waals surface area contributed by atoms with Gasteiger partial charge in [-0.1, -0.05) is 12.8 Å². The predicted molar refractivity (Wildman–Crippen MR) is 73.1 cm³/mol. The van der Waals surface area contributed by atoms with Crippen LogP contribution in [-0.4, -0.2) is 27.7 Å². The number of aromatic nitrogens is 1. The van der Waals surface area contributed by atoms with Gasteiger partial charge in [0.15, 0.2) is 0 Å². The van der Waals surface area contributed by atoms with Gasteiger partial charge in [0.25, 0.3) is 5.91 Å². The Morgan fingerprint density at radius 2 is 2.11 bits per heavy atom. The van der Waals surface area contributed by atoms with Gasteiger partial charge < -0.3 is 15.0 Å². The first-order valence-electron chi connectivity index (χ1n) is 7.35. The van der Waals surface area contributed by atoms with Crippen molar-refractivity contribution in [2.75, 3.05) is 6.54 Å². The number of rotatable bonds is 4. The van der Waals surface area contributed by atoms with Crippen LogP contribution in [0.3, 0.4) is 0 Å². The standard InChI is InChI=1S/C15H22N2O2/c18-14(16-11-15(19)8-1-2-9-15)13-7-4-10-17(13)12-5-3-6-12/h4,7,10,12,19H,1-3,5-6,8-9,11H2,(H,16,18). The molecule has 1 aromatic rings. The Balaban J connectivity index is 1.62. The molecule has 0 radical (unpaired) electrons. The van der Waals surface area contributed by atoms with Crippen LogP contribution >= 0.6 is 0 Å². The van der Waals surface area contributed by atoms with Crippen molar-refractivity contribution in [1.82, 2.24) is 9.88 Å². The molecule has 4 nitrogen and oxygen atoms in total. The van der Waals surface area contributed by atoms with Gasteiger partial charge in [-0.05, 0) is 44.2 Å². The van der Waals surface area contributed by atoms with Gasteiger partial charge in [-0.3, -0.25) is 4.79 Å². The summed E-state index contributed by atoms with van der Waals surface area (Å²) in [4.78, 5) is 12.2. The molecule has 2 aliphatic carbocycles. The average molecular weight is 262 g/mol. The van der Waals surface area contributed by atoms with E-state index in [1.165, 1.54) is 19.3 Å². The van der Waals surface area contributed by atoms with Crippen LogP contribution < -0.4 is 5.32 Å². The normalized spacial score (nSPS) is 22.2. The summed E-state index contributed by atoms with van der Waals surface area (Å²) in [5, 5.41) is 13.2. The first-order chi connectivity index (χ1) is 9.18. The number of amides is 1. The van der Waals surface area contributed by atoms with E-state index in [0.717, 1.165) is 31.4 Å². The van der Waals surface area contributed by atoms with Gasteiger partial charge in [0, 0.05) is 18.8 Å². The summed E-state index contributed by atoms with van der Waals surface area (Å²) in [6.45, 7) is 0.377. The molecule has 3 rings (SSSR count). The molecule has 104 valence electrons. The lowest BCUT2D eigenvalue weighted by atomic mass is 9.93. The van der Waals surface area contributed by atoms with Gasteiger partial charge in [-0.15, -0.1) is 0 Å². The molecule has 0 aliphatic heterocycles. The SMILES string of the molecule is O=C(NCC1(O)CCCC1)c1cccn1C1CCC1. The number of nitrogens with one attached hydrogen (secondary N) is 1. The fourth-order valence-electron chi connectivity index (χ4n) is 3.11. The molecule has 0 atom stereocenters. The summed E-state index contributed by atoms with van der Waals surface area (Å²) in [6.07, 6.45) is 9.30. The second-order valence-electron chi connectivity index (χ2n) is 6.00. The van der Waals surface area contributed by atoms with E-state index in [0.29, 0.717) is 12.6 Å². The molecular formula is C15H22N2O2. The summed E-state index contributed by atoms with van der Waals surface area (Å²) in [7, 11) is 0. The minimum Gasteiger partial charge on any atom is -0.388 e. The smallest absolute Gasteiger partial charge is 0.268 e. The average Bonchev–Trinajstić information content (AvgIpc) is 2.94. The molecule has 2 saturated carbocycles. The van der Waals surface area contributed by atoms with E-state index in [4.69, 9.17) is 0 Å². The summed E-state index contributed by atoms with van der Waals surface area (Å²) < 4.78 is 2.08. The first kappa shape index (κ1) is 12.7. The zero-order valence-electron chi connectivity index (χ0n) is 11.3. The van der Waals surface area contributed by atoms with Gasteiger partial charge in [0.05, 0.1) is 5.60 Å². The highest BCUT2D eigenvalue weighted by Crippen LogP contribution is 2.33. The van der Waals surface area contributed by atoms with Crippen LogP contribution in [0.15, 0.2) is 18.3 Å². The zero-order valence-corrected chi connectivity index (χ0v) is 11.3. The summed E-state index contributed by atoms with van der Waals surface area (Å²) in [6, 6.07) is 4.29. The van der Waals surface area contributed by atoms with E-state index in [9.17, 15) is 9.90 Å². The molecule has 0 saturated heterocycles. The van der Waals surface area contributed by atoms with Gasteiger partial charge in [0.2, 0.25) is 0 Å². The Kier molecular flexibility index (Phi) is 3.35. The molecule has 0 aromatic carbocycles. The molecule has 0 spiro atoms. The van der Waals surface area contributed by atoms with E-state index < -0.39 is 5.60 Å². The number of carbonyl (C=O) groups is 1. The van der Waals surface area contributed by atoms with Crippen molar-refractivity contribution in [2.24, 2.45) is 0 Å². The van der Waals surface area contributed by atoms with Crippen molar-refractivity contribution < 1.29 is 9.90 Å². The van der Waals surface area contributed by atoms with Crippen molar-refractivity contribution in [1.29, 1.82) is 0 Å². The number of hydrogen-bond acceptors (Lipinski definition) is 2. The monoisotopic (exact) mass is 262 g/mol. The van der Waals surface area contributed by atoms with Crippen LogP contribution in [0.4, 0.5) is 0 Å². The number of nitrogens with zero attached hydrogens (tertiary/aromatic N) is 1. The minimum absolute atomic E-state index is 0.0581. The van der Waals surface area contributed by atoms with Crippen LogP contribution in [0.1, 0.15) is 61.5 Å². The van der Waals surface area contributed by atoms with Crippen LogP contribution in [0.5, 0.6) is 0 Å². The van der Waals surface area contributed by atoms with Crippen molar-refractivity contribution >= 4 is 5.91 Å². The van der Waals surface area contributed by atoms with E-state index in [-0.39, 0.29) is 5.91 Å². The Labute approximate surface area is 113 Å². The van der Waals surface area contributed by atoms with Crippen LogP contribution in [0, 0.1) is 0 Å². The highest BCUT2D eigenvalue weighted by molar-refractivity contribution is 5.92. The topological polar surface area (TPSA) is 54.3 Å². The first-order valence-corrected chi connectivity index (χ1v) is 7.35. The molecule has 0 bridgehead atoms. The molecule has 1 heterocycles. The molecular weight excluding hydrogens is 240 g/mol. The Morgan fingerprint density at radius 3 is 2.74 bits per heavy atom. The number of aliphatic hydroxyl groups is 1. The highest BCUT2D eigenvalue weighted by atomic mass is 16.3. The third kappa shape index (κ3) is 2.54. The van der Waals surface area contributed by atoms with Crippen molar-refractivity contribution in [3.63, 3.8) is 0 Å². The van der Waals surface area contributed by atoms with E-state index in [1.807, 2.05) is 18.3 Å². The Morgan fingerprint density at radius 1 is 1.37 bits per heavy atom. The van der Waals surface area contributed by atoms with E-state index in [2.05, 4.69) is 9.88 Å². The van der Waals surface area contributed by atoms with Crippen molar-refractivity contribution in [3.8, 4) is 0 Å². The molecule has 2 N–H and O–H groups in total. The fourth-order valence-corrected chi connectivity index (χ4v) is 3.11. The second kappa shape index (κ2) is 5.00. The van der Waals surface area contributed by atoms with Crippen LogP contribution in [-0.2, 0) is 0 Å². The molecule has 0 unspecified atom stereocenters. The summed E-state index contributed by atoms with van der Waals surface area (Å²) in [5.74, 6) is -0.0581. The summed E-state index contributed by atoms with van der Waals surface area (Å²) in [5.41, 5.74) is 0.0510. The van der Waals surface area contributed by atoms with Crippen LogP contribution in [0.2, 0.25) is 0 Å². The number of hydrogen-bond donors (Lipinski definition) is 2. The Bertz CT molecular complexity index is 456. The molecule has 19 heavy (non-hydrogen) atoms. The van der Waals surface area contributed by atoms with Gasteiger partial charge >= 0.3 is 0 Å². The number of carbonyl (C=O) groups excluding carboxylic acids is 1. The molecule has 2 aliphatic rings. The van der Waals surface area contributed by atoms with Gasteiger partial charge in [-0.2, -0.15) is 0 Å². The zero-order chi connectivity index (χ0) is 13.3. The maximum Gasteiger partial charge on any atom is 0.268 e. The fraction of sp³-hybridized carbons (Fsp3) is 0.667. The third-order valence-electron chi connectivity index (χ3n) is 4.59. The third-order valence-corrected chi connectivity index (χ3v) is 4.59. The van der Waals surface area contributed by atoms with Crippen molar-refractivity contribution in [3.05, 3.63) is 24.0 Å². The largest absolute Gasteiger partial charge is 0.388 e. The predicted octanol–water partition coefficient (Wildman–Crippen LogP) is 2.25. The van der Waals surface area contributed by atoms with Gasteiger partial charge in [-0.25, -0.2) is 0 Å². The minimum atomic E-state index is -0.677. The van der Waals surface area contributed by atoms with E-state index in [1.54, 1.807) is 0 Å². The van der Waals surface area contributed by atoms with Crippen LogP contribution in [0.25, 0.3) is 0 Å². The lowest BCUT2D eigenvalue weighted by molar-refractivity contribution is 0.0446. The molecule has 4 heteroatoms. The van der Waals surface area contributed by atoms with E-state index >= 15 is 0 Å². The molecule has 2 fully saturated rings. The van der Waals surface area contributed by atoms with Gasteiger partial charge in [0.1, 0.15) is 5.69 Å². The maximum atomic E-state index is 12.2. The highest BCUT2D eigenvalue weighted by Gasteiger charge is 2.32. The molecule has 1 amide bonds. The van der Waals surface area contributed by atoms with Crippen molar-refractivity contribution in [2.45, 2.75) is 56.6 Å². The lowest BCUT2D eigenvalue weighted by Gasteiger charge is -2.29. The second-order valence-corrected chi connectivity index (χ2v) is 6.00. The maximum absolute atomic E-state index is 12.2. The quantitative estimate of drug-likeness (QED) is 0.874. The lowest BCUT2D eigenvalue weighted by Crippen LogP contribution is -2.41. The molecule has 1 aromatic heterocycles. The summed E-state index contributed by atoms with van der Waals surface area (Å²) >= 11 is 0. The Hall–Kier alpha value is -1.29.